The zero-order valence-electron chi connectivity index (χ0n) is 16.4. The number of carbonyl (C=O) groups excluding carboxylic acids is 1. The van der Waals surface area contributed by atoms with E-state index in [-0.39, 0.29) is 11.1 Å². The molecule has 0 saturated heterocycles. The molecule has 1 rings (SSSR count). The quantitative estimate of drug-likeness (QED) is 0.198. The van der Waals surface area contributed by atoms with Gasteiger partial charge in [-0.3, -0.25) is 0 Å². The molecular formula is C20H32O4Si. The summed E-state index contributed by atoms with van der Waals surface area (Å²) >= 11 is 0. The van der Waals surface area contributed by atoms with Gasteiger partial charge in [0.2, 0.25) is 0 Å². The number of carbonyl (C=O) groups is 1. The summed E-state index contributed by atoms with van der Waals surface area (Å²) in [6.07, 6.45) is 4.33. The predicted molar refractivity (Wildman–Crippen MR) is 104 cm³/mol. The van der Waals surface area contributed by atoms with Crippen molar-refractivity contribution in [3.63, 3.8) is 0 Å². The van der Waals surface area contributed by atoms with Gasteiger partial charge in [-0.25, -0.2) is 4.79 Å². The van der Waals surface area contributed by atoms with E-state index in [9.17, 15) is 4.79 Å². The molecule has 4 nitrogen and oxygen atoms in total. The van der Waals surface area contributed by atoms with E-state index in [1.807, 2.05) is 30.3 Å². The summed E-state index contributed by atoms with van der Waals surface area (Å²) in [7, 11) is -0.371. The van der Waals surface area contributed by atoms with Gasteiger partial charge in [0.15, 0.2) is 8.32 Å². The molecule has 1 aromatic carbocycles. The Hall–Kier alpha value is -1.59. The zero-order valence-corrected chi connectivity index (χ0v) is 17.4. The van der Waals surface area contributed by atoms with Gasteiger partial charge >= 0.3 is 5.97 Å². The number of hydrogen-bond donors (Lipinski definition) is 0. The molecule has 25 heavy (non-hydrogen) atoms. The minimum atomic E-state index is -1.72. The topological polar surface area (TPSA) is 44.8 Å². The minimum absolute atomic E-state index is 0.106. The molecule has 5 heteroatoms. The fourth-order valence-electron chi connectivity index (χ4n) is 2.05. The number of esters is 1. The molecule has 0 aliphatic carbocycles. The molecule has 0 spiro atoms. The van der Waals surface area contributed by atoms with Crippen LogP contribution < -0.4 is 0 Å². The molecule has 0 bridgehead atoms. The molecule has 140 valence electrons. The van der Waals surface area contributed by atoms with Crippen molar-refractivity contribution in [2.24, 2.45) is 0 Å². The Labute approximate surface area is 153 Å². The first-order valence-corrected chi connectivity index (χ1v) is 11.7. The van der Waals surface area contributed by atoms with Gasteiger partial charge in [-0.05, 0) is 36.5 Å². The summed E-state index contributed by atoms with van der Waals surface area (Å²) in [6.45, 7) is 12.0. The number of hydrogen-bond acceptors (Lipinski definition) is 4. The lowest BCUT2D eigenvalue weighted by atomic mass is 10.1. The van der Waals surface area contributed by atoms with Crippen molar-refractivity contribution in [3.05, 3.63) is 48.2 Å². The van der Waals surface area contributed by atoms with Gasteiger partial charge in [-0.1, -0.05) is 51.1 Å². The van der Waals surface area contributed by atoms with Crippen LogP contribution in [0.4, 0.5) is 0 Å². The van der Waals surface area contributed by atoms with Gasteiger partial charge in [0.05, 0.1) is 19.4 Å². The van der Waals surface area contributed by atoms with Gasteiger partial charge < -0.3 is 13.9 Å². The first kappa shape index (κ1) is 21.4. The second-order valence-corrected chi connectivity index (χ2v) is 12.4. The molecule has 0 fully saturated rings. The van der Waals surface area contributed by atoms with Crippen molar-refractivity contribution < 1.29 is 18.7 Å². The van der Waals surface area contributed by atoms with E-state index in [4.69, 9.17) is 9.16 Å². The highest BCUT2D eigenvalue weighted by Gasteiger charge is 2.36. The van der Waals surface area contributed by atoms with Gasteiger partial charge in [0.25, 0.3) is 0 Å². The van der Waals surface area contributed by atoms with E-state index >= 15 is 0 Å². The molecule has 0 radical (unpaired) electrons. The number of ether oxygens (including phenoxy) is 2. The van der Waals surface area contributed by atoms with Crippen LogP contribution in [-0.4, -0.2) is 28.0 Å². The monoisotopic (exact) mass is 364 g/mol. The fraction of sp³-hybridized carbons (Fsp3) is 0.550. The smallest absolute Gasteiger partial charge is 0.333 e. The highest BCUT2D eigenvalue weighted by Crippen LogP contribution is 2.36. The van der Waals surface area contributed by atoms with E-state index in [0.717, 1.165) is 25.0 Å². The standard InChI is InChI=1S/C20H32O4Si/c1-20(2,3)25(5,6)24-15-10-13-18(17-11-8-7-9-12-17)23-16-14-19(21)22-4/h7-9,11-12,14,16,18H,10,13,15H2,1-6H3/b16-14+. The summed E-state index contributed by atoms with van der Waals surface area (Å²) in [5.74, 6) is -0.423. The van der Waals surface area contributed by atoms with Crippen molar-refractivity contribution in [1.29, 1.82) is 0 Å². The Morgan fingerprint density at radius 3 is 2.40 bits per heavy atom. The van der Waals surface area contributed by atoms with Gasteiger partial charge in [0.1, 0.15) is 6.10 Å². The van der Waals surface area contributed by atoms with Crippen LogP contribution in [0.3, 0.4) is 0 Å². The van der Waals surface area contributed by atoms with Crippen LogP contribution in [0, 0.1) is 0 Å². The minimum Gasteiger partial charge on any atom is -0.493 e. The Morgan fingerprint density at radius 2 is 1.84 bits per heavy atom. The average molecular weight is 365 g/mol. The van der Waals surface area contributed by atoms with Crippen LogP contribution in [0.15, 0.2) is 42.7 Å². The maximum atomic E-state index is 11.2. The molecule has 0 aliphatic heterocycles. The molecule has 0 aromatic heterocycles. The highest BCUT2D eigenvalue weighted by atomic mass is 28.4. The van der Waals surface area contributed by atoms with Crippen molar-refractivity contribution in [2.45, 2.75) is 57.8 Å². The molecule has 1 aromatic rings. The van der Waals surface area contributed by atoms with Gasteiger partial charge in [-0.15, -0.1) is 0 Å². The van der Waals surface area contributed by atoms with Crippen LogP contribution in [-0.2, 0) is 18.7 Å². The Morgan fingerprint density at radius 1 is 1.20 bits per heavy atom. The van der Waals surface area contributed by atoms with Gasteiger partial charge in [0, 0.05) is 6.61 Å². The van der Waals surface area contributed by atoms with Crippen LogP contribution >= 0.6 is 0 Å². The van der Waals surface area contributed by atoms with E-state index in [2.05, 4.69) is 38.6 Å². The summed E-state index contributed by atoms with van der Waals surface area (Å²) in [5, 5.41) is 0.214. The maximum absolute atomic E-state index is 11.2. The highest BCUT2D eigenvalue weighted by molar-refractivity contribution is 6.74. The molecule has 1 unspecified atom stereocenters. The first-order chi connectivity index (χ1) is 11.7. The zero-order chi connectivity index (χ0) is 18.9. The van der Waals surface area contributed by atoms with Crippen molar-refractivity contribution in [2.75, 3.05) is 13.7 Å². The molecule has 0 aliphatic rings. The predicted octanol–water partition coefficient (Wildman–Crippen LogP) is 5.23. The normalized spacial score (nSPS) is 13.7. The van der Waals surface area contributed by atoms with E-state index in [0.29, 0.717) is 0 Å². The third kappa shape index (κ3) is 7.44. The third-order valence-electron chi connectivity index (χ3n) is 4.70. The van der Waals surface area contributed by atoms with Crippen LogP contribution in [0.1, 0.15) is 45.3 Å². The second-order valence-electron chi connectivity index (χ2n) is 7.61. The number of methoxy groups -OCH3 is 1. The van der Waals surface area contributed by atoms with Gasteiger partial charge in [-0.2, -0.15) is 0 Å². The van der Waals surface area contributed by atoms with Crippen molar-refractivity contribution in [1.82, 2.24) is 0 Å². The first-order valence-electron chi connectivity index (χ1n) is 8.76. The Balaban J connectivity index is 2.60. The van der Waals surface area contributed by atoms with E-state index in [1.165, 1.54) is 19.4 Å². The molecule has 0 amide bonds. The summed E-state index contributed by atoms with van der Waals surface area (Å²) < 4.78 is 16.6. The third-order valence-corrected chi connectivity index (χ3v) is 9.24. The maximum Gasteiger partial charge on any atom is 0.333 e. The lowest BCUT2D eigenvalue weighted by Crippen LogP contribution is -2.41. The molecule has 0 N–H and O–H groups in total. The van der Waals surface area contributed by atoms with Crippen molar-refractivity contribution in [3.8, 4) is 0 Å². The molecule has 0 saturated carbocycles. The lowest BCUT2D eigenvalue weighted by molar-refractivity contribution is -0.135. The SMILES string of the molecule is COC(=O)/C=C/OC(CCCO[Si](C)(C)C(C)(C)C)c1ccccc1. The van der Waals surface area contributed by atoms with Crippen molar-refractivity contribution >= 4 is 14.3 Å². The summed E-state index contributed by atoms with van der Waals surface area (Å²) in [5.41, 5.74) is 1.09. The average Bonchev–Trinajstić information content (AvgIpc) is 2.56. The van der Waals surface area contributed by atoms with Crippen LogP contribution in [0.5, 0.6) is 0 Å². The summed E-state index contributed by atoms with van der Waals surface area (Å²) in [6, 6.07) is 10.0. The van der Waals surface area contributed by atoms with Crippen LogP contribution in [0.25, 0.3) is 0 Å². The van der Waals surface area contributed by atoms with E-state index < -0.39 is 14.3 Å². The molecule has 0 heterocycles. The summed E-state index contributed by atoms with van der Waals surface area (Å²) in [4.78, 5) is 11.2. The second kappa shape index (κ2) is 9.78. The fourth-order valence-corrected chi connectivity index (χ4v) is 3.14. The lowest BCUT2D eigenvalue weighted by Gasteiger charge is -2.36. The molecule has 1 atom stereocenters. The Kier molecular flexibility index (Phi) is 8.39. The van der Waals surface area contributed by atoms with E-state index in [1.54, 1.807) is 0 Å². The largest absolute Gasteiger partial charge is 0.493 e. The van der Waals surface area contributed by atoms with Crippen LogP contribution in [0.2, 0.25) is 18.1 Å². The number of benzene rings is 1. The number of rotatable bonds is 9. The molecular weight excluding hydrogens is 332 g/mol. The Bertz CT molecular complexity index is 547.